The van der Waals surface area contributed by atoms with Crippen molar-refractivity contribution in [3.05, 3.63) is 51.2 Å². The van der Waals surface area contributed by atoms with Gasteiger partial charge >= 0.3 is 0 Å². The highest BCUT2D eigenvalue weighted by Crippen LogP contribution is 2.23. The van der Waals surface area contributed by atoms with Gasteiger partial charge in [-0.25, -0.2) is 13.1 Å². The number of fused-ring (bicyclic) bond motifs is 1. The monoisotopic (exact) mass is 350 g/mol. The molecule has 6 heteroatoms. The predicted molar refractivity (Wildman–Crippen MR) is 94.4 cm³/mol. The van der Waals surface area contributed by atoms with Crippen molar-refractivity contribution in [3.63, 3.8) is 0 Å². The second kappa shape index (κ2) is 6.73. The SMILES string of the molecule is Cc1ccc(S(=O)(=O)NCCN2CCc3sccc3C2)c(C)c1. The standard InChI is InChI=1S/C17H22N2O2S2/c1-13-3-4-17(14(2)11-13)23(20,21)18-7-9-19-8-5-16-15(12-19)6-10-22-16/h3-4,6,10-11,18H,5,7-9,12H2,1-2H3. The van der Waals surface area contributed by atoms with E-state index in [1.807, 2.05) is 37.3 Å². The highest BCUT2D eigenvalue weighted by Gasteiger charge is 2.19. The first-order valence-electron chi connectivity index (χ1n) is 7.80. The summed E-state index contributed by atoms with van der Waals surface area (Å²) in [6.45, 7) is 6.90. The van der Waals surface area contributed by atoms with E-state index < -0.39 is 10.0 Å². The van der Waals surface area contributed by atoms with Crippen LogP contribution in [0.2, 0.25) is 0 Å². The first-order valence-corrected chi connectivity index (χ1v) is 10.2. The van der Waals surface area contributed by atoms with Gasteiger partial charge in [0.15, 0.2) is 0 Å². The van der Waals surface area contributed by atoms with E-state index in [1.54, 1.807) is 6.07 Å². The average Bonchev–Trinajstić information content (AvgIpc) is 2.94. The number of hydrogen-bond donors (Lipinski definition) is 1. The smallest absolute Gasteiger partial charge is 0.240 e. The number of hydrogen-bond acceptors (Lipinski definition) is 4. The van der Waals surface area contributed by atoms with Crippen LogP contribution in [0.1, 0.15) is 21.6 Å². The van der Waals surface area contributed by atoms with Crippen molar-refractivity contribution < 1.29 is 8.42 Å². The summed E-state index contributed by atoms with van der Waals surface area (Å²) in [5.74, 6) is 0. The molecular formula is C17H22N2O2S2. The number of sulfonamides is 1. The lowest BCUT2D eigenvalue weighted by Crippen LogP contribution is -2.37. The number of benzene rings is 1. The Balaban J connectivity index is 1.58. The van der Waals surface area contributed by atoms with Crippen LogP contribution in [0.25, 0.3) is 0 Å². The summed E-state index contributed by atoms with van der Waals surface area (Å²) in [4.78, 5) is 4.15. The number of nitrogens with zero attached hydrogens (tertiary/aromatic N) is 1. The fourth-order valence-electron chi connectivity index (χ4n) is 3.01. The fourth-order valence-corrected chi connectivity index (χ4v) is 5.15. The maximum atomic E-state index is 12.4. The van der Waals surface area contributed by atoms with Crippen LogP contribution in [0.3, 0.4) is 0 Å². The van der Waals surface area contributed by atoms with Gasteiger partial charge in [-0.15, -0.1) is 11.3 Å². The normalized spacial score (nSPS) is 15.6. The Morgan fingerprint density at radius 3 is 2.87 bits per heavy atom. The zero-order chi connectivity index (χ0) is 16.4. The summed E-state index contributed by atoms with van der Waals surface area (Å²) < 4.78 is 27.6. The fraction of sp³-hybridized carbons (Fsp3) is 0.412. The minimum atomic E-state index is -3.43. The zero-order valence-electron chi connectivity index (χ0n) is 13.5. The van der Waals surface area contributed by atoms with Crippen molar-refractivity contribution in [2.75, 3.05) is 19.6 Å². The Bertz CT molecular complexity index is 797. The molecule has 0 atom stereocenters. The van der Waals surface area contributed by atoms with Crippen molar-refractivity contribution >= 4 is 21.4 Å². The minimum absolute atomic E-state index is 0.377. The van der Waals surface area contributed by atoms with E-state index in [0.29, 0.717) is 11.4 Å². The van der Waals surface area contributed by atoms with Crippen LogP contribution in [-0.2, 0) is 23.0 Å². The molecule has 0 spiro atoms. The van der Waals surface area contributed by atoms with Crippen LogP contribution in [0.5, 0.6) is 0 Å². The van der Waals surface area contributed by atoms with E-state index >= 15 is 0 Å². The van der Waals surface area contributed by atoms with Gasteiger partial charge in [0.05, 0.1) is 4.90 Å². The molecule has 0 amide bonds. The Morgan fingerprint density at radius 2 is 2.09 bits per heavy atom. The maximum Gasteiger partial charge on any atom is 0.240 e. The molecule has 124 valence electrons. The Morgan fingerprint density at radius 1 is 1.26 bits per heavy atom. The summed E-state index contributed by atoms with van der Waals surface area (Å²) >= 11 is 1.82. The lowest BCUT2D eigenvalue weighted by molar-refractivity contribution is 0.260. The molecule has 1 aliphatic heterocycles. The predicted octanol–water partition coefficient (Wildman–Crippen LogP) is 2.70. The number of thiophene rings is 1. The van der Waals surface area contributed by atoms with Crippen LogP contribution in [-0.4, -0.2) is 33.0 Å². The second-order valence-corrected chi connectivity index (χ2v) is 8.80. The molecule has 2 aromatic rings. The molecule has 0 saturated heterocycles. The molecule has 0 radical (unpaired) electrons. The lowest BCUT2D eigenvalue weighted by Gasteiger charge is -2.26. The van der Waals surface area contributed by atoms with Gasteiger partial charge in [-0.1, -0.05) is 17.7 Å². The minimum Gasteiger partial charge on any atom is -0.297 e. The van der Waals surface area contributed by atoms with Crippen molar-refractivity contribution in [1.82, 2.24) is 9.62 Å². The van der Waals surface area contributed by atoms with Crippen LogP contribution in [0.15, 0.2) is 34.5 Å². The van der Waals surface area contributed by atoms with E-state index in [2.05, 4.69) is 21.1 Å². The molecule has 0 saturated carbocycles. The molecule has 0 unspecified atom stereocenters. The lowest BCUT2D eigenvalue weighted by atomic mass is 10.1. The summed E-state index contributed by atoms with van der Waals surface area (Å²) in [6, 6.07) is 7.60. The molecule has 2 heterocycles. The molecule has 4 nitrogen and oxygen atoms in total. The van der Waals surface area contributed by atoms with Gasteiger partial charge in [0.2, 0.25) is 10.0 Å². The van der Waals surface area contributed by atoms with E-state index in [9.17, 15) is 8.42 Å². The van der Waals surface area contributed by atoms with Gasteiger partial charge in [-0.3, -0.25) is 4.90 Å². The number of nitrogens with one attached hydrogen (secondary N) is 1. The van der Waals surface area contributed by atoms with Crippen LogP contribution in [0.4, 0.5) is 0 Å². The zero-order valence-corrected chi connectivity index (χ0v) is 15.1. The molecular weight excluding hydrogens is 328 g/mol. The van der Waals surface area contributed by atoms with Gasteiger partial charge in [-0.05, 0) is 48.9 Å². The highest BCUT2D eigenvalue weighted by molar-refractivity contribution is 7.89. The van der Waals surface area contributed by atoms with Gasteiger partial charge < -0.3 is 0 Å². The topological polar surface area (TPSA) is 49.4 Å². The van der Waals surface area contributed by atoms with Crippen LogP contribution < -0.4 is 4.72 Å². The van der Waals surface area contributed by atoms with Gasteiger partial charge in [-0.2, -0.15) is 0 Å². The molecule has 1 aromatic heterocycles. The summed E-state index contributed by atoms with van der Waals surface area (Å²) in [5.41, 5.74) is 3.25. The first-order chi connectivity index (χ1) is 11.0. The Labute approximate surface area is 142 Å². The van der Waals surface area contributed by atoms with E-state index in [-0.39, 0.29) is 0 Å². The average molecular weight is 351 g/mol. The second-order valence-electron chi connectivity index (χ2n) is 6.06. The summed E-state index contributed by atoms with van der Waals surface area (Å²) in [6.07, 6.45) is 1.07. The van der Waals surface area contributed by atoms with Crippen molar-refractivity contribution in [2.45, 2.75) is 31.7 Å². The third-order valence-electron chi connectivity index (χ3n) is 4.23. The van der Waals surface area contributed by atoms with E-state index in [0.717, 1.165) is 37.2 Å². The number of aryl methyl sites for hydroxylation is 2. The molecule has 1 N–H and O–H groups in total. The van der Waals surface area contributed by atoms with Crippen molar-refractivity contribution in [1.29, 1.82) is 0 Å². The van der Waals surface area contributed by atoms with Gasteiger partial charge in [0, 0.05) is 31.1 Å². The third-order valence-corrected chi connectivity index (χ3v) is 6.87. The molecule has 1 aromatic carbocycles. The van der Waals surface area contributed by atoms with Crippen LogP contribution >= 0.6 is 11.3 Å². The van der Waals surface area contributed by atoms with Crippen molar-refractivity contribution in [3.8, 4) is 0 Å². The number of rotatable bonds is 5. The summed E-state index contributed by atoms with van der Waals surface area (Å²) in [5, 5.41) is 2.14. The first kappa shape index (κ1) is 16.6. The van der Waals surface area contributed by atoms with Crippen LogP contribution in [0, 0.1) is 13.8 Å². The quantitative estimate of drug-likeness (QED) is 0.902. The molecule has 0 aliphatic carbocycles. The summed E-state index contributed by atoms with van der Waals surface area (Å²) in [7, 11) is -3.43. The van der Waals surface area contributed by atoms with E-state index in [1.165, 1.54) is 10.4 Å². The Kier molecular flexibility index (Phi) is 4.87. The molecule has 23 heavy (non-hydrogen) atoms. The maximum absolute atomic E-state index is 12.4. The van der Waals surface area contributed by atoms with Gasteiger partial charge in [0.1, 0.15) is 0 Å². The van der Waals surface area contributed by atoms with Crippen molar-refractivity contribution in [2.24, 2.45) is 0 Å². The molecule has 1 aliphatic rings. The van der Waals surface area contributed by atoms with Gasteiger partial charge in [0.25, 0.3) is 0 Å². The molecule has 0 bridgehead atoms. The largest absolute Gasteiger partial charge is 0.297 e. The van der Waals surface area contributed by atoms with E-state index in [4.69, 9.17) is 0 Å². The molecule has 0 fully saturated rings. The highest BCUT2D eigenvalue weighted by atomic mass is 32.2. The molecule has 3 rings (SSSR count). The third kappa shape index (κ3) is 3.83. The Hall–Kier alpha value is -1.21.